The predicted molar refractivity (Wildman–Crippen MR) is 68.7 cm³/mol. The first-order valence-corrected chi connectivity index (χ1v) is 7.87. The highest BCUT2D eigenvalue weighted by Crippen LogP contribution is 2.27. The van der Waals surface area contributed by atoms with Crippen molar-refractivity contribution in [1.82, 2.24) is 0 Å². The number of methoxy groups -OCH3 is 1. The number of Topliss-reactive ketones (excluding diaryl/α,β-unsaturated/α-hetero) is 1. The quantitative estimate of drug-likeness (QED) is 0.803. The zero-order valence-corrected chi connectivity index (χ0v) is 11.7. The molecular weight excluding hydrogens is 290 g/mol. The molecule has 0 bridgehead atoms. The maximum Gasteiger partial charge on any atom is 0.186 e. The van der Waals surface area contributed by atoms with Gasteiger partial charge in [-0.3, -0.25) is 4.79 Å². The number of ether oxygens (including phenoxy) is 1. The van der Waals surface area contributed by atoms with E-state index in [1.165, 1.54) is 7.11 Å². The van der Waals surface area contributed by atoms with Crippen LogP contribution in [0.4, 0.5) is 8.78 Å². The predicted octanol–water partition coefficient (Wildman–Crippen LogP) is 2.12. The van der Waals surface area contributed by atoms with Gasteiger partial charge in [0.2, 0.25) is 0 Å². The Morgan fingerprint density at radius 3 is 2.35 bits per heavy atom. The molecule has 0 aromatic heterocycles. The maximum absolute atomic E-state index is 13.8. The summed E-state index contributed by atoms with van der Waals surface area (Å²) in [6.07, 6.45) is 1.13. The lowest BCUT2D eigenvalue weighted by atomic mass is 10.0. The fraction of sp³-hybridized carbons (Fsp3) is 0.462. The average molecular weight is 304 g/mol. The van der Waals surface area contributed by atoms with Crippen LogP contribution in [0.1, 0.15) is 29.6 Å². The summed E-state index contributed by atoms with van der Waals surface area (Å²) in [4.78, 5) is 12.2. The van der Waals surface area contributed by atoms with Crippen molar-refractivity contribution in [3.63, 3.8) is 0 Å². The second-order valence-corrected chi connectivity index (χ2v) is 6.98. The molecule has 0 amide bonds. The van der Waals surface area contributed by atoms with Crippen LogP contribution in [0.5, 0.6) is 5.75 Å². The highest BCUT2D eigenvalue weighted by molar-refractivity contribution is 7.92. The van der Waals surface area contributed by atoms with Crippen LogP contribution < -0.4 is 4.74 Å². The molecule has 0 radical (unpaired) electrons. The maximum atomic E-state index is 13.8. The zero-order valence-electron chi connectivity index (χ0n) is 10.9. The summed E-state index contributed by atoms with van der Waals surface area (Å²) in [5, 5.41) is -1.35. The second-order valence-electron chi connectivity index (χ2n) is 4.68. The van der Waals surface area contributed by atoms with E-state index in [4.69, 9.17) is 0 Å². The number of sulfone groups is 1. The van der Waals surface area contributed by atoms with Gasteiger partial charge < -0.3 is 4.74 Å². The SMILES string of the molecule is COc1cc(F)c(C(=O)C2CCCCS2(=O)=O)c(F)c1. The first-order chi connectivity index (χ1) is 9.36. The lowest BCUT2D eigenvalue weighted by molar-refractivity contribution is 0.0973. The minimum atomic E-state index is -3.63. The zero-order chi connectivity index (χ0) is 14.9. The van der Waals surface area contributed by atoms with Crippen LogP contribution in [0.15, 0.2) is 12.1 Å². The van der Waals surface area contributed by atoms with Gasteiger partial charge in [-0.2, -0.15) is 0 Å². The molecule has 1 aromatic rings. The van der Waals surface area contributed by atoms with Crippen molar-refractivity contribution in [1.29, 1.82) is 0 Å². The van der Waals surface area contributed by atoms with Crippen molar-refractivity contribution in [2.75, 3.05) is 12.9 Å². The third-order valence-corrected chi connectivity index (χ3v) is 5.54. The Balaban J connectivity index is 2.44. The molecule has 0 N–H and O–H groups in total. The second kappa shape index (κ2) is 5.47. The lowest BCUT2D eigenvalue weighted by Crippen LogP contribution is -2.36. The molecule has 110 valence electrons. The Kier molecular flexibility index (Phi) is 4.08. The van der Waals surface area contributed by atoms with E-state index >= 15 is 0 Å². The van der Waals surface area contributed by atoms with Crippen molar-refractivity contribution in [3.05, 3.63) is 29.3 Å². The molecule has 1 aliphatic heterocycles. The Morgan fingerprint density at radius 2 is 1.85 bits per heavy atom. The Labute approximate surface area is 115 Å². The summed E-state index contributed by atoms with van der Waals surface area (Å²) in [6.45, 7) is 0. The van der Waals surface area contributed by atoms with E-state index in [-0.39, 0.29) is 17.9 Å². The van der Waals surface area contributed by atoms with E-state index in [0.717, 1.165) is 12.1 Å². The van der Waals surface area contributed by atoms with Crippen LogP contribution in [-0.4, -0.2) is 32.3 Å². The van der Waals surface area contributed by atoms with Crippen LogP contribution in [0.25, 0.3) is 0 Å². The standard InChI is InChI=1S/C13H14F2O4S/c1-19-8-6-9(14)12(10(15)7-8)13(16)11-4-2-3-5-20(11,17)18/h6-7,11H,2-5H2,1H3. The summed E-state index contributed by atoms with van der Waals surface area (Å²) in [5.41, 5.74) is -0.804. The minimum absolute atomic E-state index is 0.0666. The fourth-order valence-corrected chi connectivity index (χ4v) is 4.17. The van der Waals surface area contributed by atoms with Gasteiger partial charge in [-0.1, -0.05) is 6.42 Å². The number of hydrogen-bond acceptors (Lipinski definition) is 4. The van der Waals surface area contributed by atoms with Gasteiger partial charge in [-0.15, -0.1) is 0 Å². The number of carbonyl (C=O) groups excluding carboxylic acids is 1. The van der Waals surface area contributed by atoms with Crippen molar-refractivity contribution in [2.45, 2.75) is 24.5 Å². The molecule has 0 spiro atoms. The minimum Gasteiger partial charge on any atom is -0.497 e. The third-order valence-electron chi connectivity index (χ3n) is 3.37. The largest absolute Gasteiger partial charge is 0.497 e. The molecule has 1 unspecified atom stereocenters. The first-order valence-electron chi connectivity index (χ1n) is 6.15. The molecule has 0 aliphatic carbocycles. The molecule has 1 fully saturated rings. The molecule has 2 rings (SSSR count). The van der Waals surface area contributed by atoms with E-state index in [9.17, 15) is 22.0 Å². The smallest absolute Gasteiger partial charge is 0.186 e. The Hall–Kier alpha value is -1.50. The van der Waals surface area contributed by atoms with Gasteiger partial charge in [-0.25, -0.2) is 17.2 Å². The molecule has 1 aliphatic rings. The van der Waals surface area contributed by atoms with Gasteiger partial charge in [0.15, 0.2) is 15.6 Å². The molecule has 20 heavy (non-hydrogen) atoms. The molecule has 1 atom stereocenters. The van der Waals surface area contributed by atoms with Crippen molar-refractivity contribution in [3.8, 4) is 5.75 Å². The van der Waals surface area contributed by atoms with Crippen LogP contribution in [0.3, 0.4) is 0 Å². The number of rotatable bonds is 3. The molecule has 0 saturated carbocycles. The van der Waals surface area contributed by atoms with E-state index in [1.54, 1.807) is 0 Å². The topological polar surface area (TPSA) is 60.4 Å². The number of hydrogen-bond donors (Lipinski definition) is 0. The Bertz CT molecular complexity index is 617. The van der Waals surface area contributed by atoms with Crippen LogP contribution in [0, 0.1) is 11.6 Å². The molecule has 1 aromatic carbocycles. The first kappa shape index (κ1) is 14.9. The van der Waals surface area contributed by atoms with Gasteiger partial charge in [-0.05, 0) is 12.8 Å². The number of halogens is 2. The van der Waals surface area contributed by atoms with Gasteiger partial charge >= 0.3 is 0 Å². The van der Waals surface area contributed by atoms with E-state index in [2.05, 4.69) is 4.74 Å². The number of ketones is 1. The summed E-state index contributed by atoms with van der Waals surface area (Å²) >= 11 is 0. The monoisotopic (exact) mass is 304 g/mol. The third kappa shape index (κ3) is 2.67. The lowest BCUT2D eigenvalue weighted by Gasteiger charge is -2.21. The van der Waals surface area contributed by atoms with E-state index < -0.39 is 38.1 Å². The molecule has 7 heteroatoms. The number of carbonyl (C=O) groups is 1. The van der Waals surface area contributed by atoms with Gasteiger partial charge in [0.1, 0.15) is 22.6 Å². The van der Waals surface area contributed by atoms with E-state index in [0.29, 0.717) is 12.8 Å². The van der Waals surface area contributed by atoms with Crippen molar-refractivity contribution < 1.29 is 26.7 Å². The van der Waals surface area contributed by atoms with Gasteiger partial charge in [0.25, 0.3) is 0 Å². The fourth-order valence-electron chi connectivity index (χ4n) is 2.31. The summed E-state index contributed by atoms with van der Waals surface area (Å²) < 4.78 is 56.0. The van der Waals surface area contributed by atoms with Crippen molar-refractivity contribution in [2.24, 2.45) is 0 Å². The Morgan fingerprint density at radius 1 is 1.25 bits per heavy atom. The summed E-state index contributed by atoms with van der Waals surface area (Å²) in [5.74, 6) is -3.41. The molecule has 1 heterocycles. The van der Waals surface area contributed by atoms with Gasteiger partial charge in [0, 0.05) is 12.1 Å². The average Bonchev–Trinajstić information content (AvgIpc) is 2.36. The molecule has 4 nitrogen and oxygen atoms in total. The van der Waals surface area contributed by atoms with Crippen LogP contribution in [0.2, 0.25) is 0 Å². The summed E-state index contributed by atoms with van der Waals surface area (Å²) in [7, 11) is -2.40. The highest BCUT2D eigenvalue weighted by Gasteiger charge is 2.37. The van der Waals surface area contributed by atoms with Gasteiger partial charge in [0.05, 0.1) is 18.4 Å². The summed E-state index contributed by atoms with van der Waals surface area (Å²) in [6, 6.07) is 1.73. The van der Waals surface area contributed by atoms with Crippen molar-refractivity contribution >= 4 is 15.6 Å². The molecule has 1 saturated heterocycles. The highest BCUT2D eigenvalue weighted by atomic mass is 32.2. The normalized spacial score (nSPS) is 21.4. The molecular formula is C13H14F2O4S. The van der Waals surface area contributed by atoms with Crippen LogP contribution in [-0.2, 0) is 9.84 Å². The van der Waals surface area contributed by atoms with Crippen LogP contribution >= 0.6 is 0 Å². The van der Waals surface area contributed by atoms with E-state index in [1.807, 2.05) is 0 Å². The number of benzene rings is 1.